The molecule has 0 aliphatic carbocycles. The molecule has 91 valence electrons. The Morgan fingerprint density at radius 3 is 2.56 bits per heavy atom. The van der Waals surface area contributed by atoms with E-state index in [1.807, 2.05) is 30.3 Å². The summed E-state index contributed by atoms with van der Waals surface area (Å²) in [5.74, 6) is 0.154. The zero-order valence-corrected chi connectivity index (χ0v) is 10.00. The average Bonchev–Trinajstić information content (AvgIpc) is 2.46. The van der Waals surface area contributed by atoms with Crippen LogP contribution < -0.4 is 4.74 Å². The van der Waals surface area contributed by atoms with Gasteiger partial charge >= 0.3 is 5.97 Å². The molecule has 18 heavy (non-hydrogen) atoms. The summed E-state index contributed by atoms with van der Waals surface area (Å²) in [5.41, 5.74) is 0.758. The summed E-state index contributed by atoms with van der Waals surface area (Å²) in [6, 6.07) is 19.2. The van der Waals surface area contributed by atoms with Gasteiger partial charge in [0.15, 0.2) is 0 Å². The van der Waals surface area contributed by atoms with Crippen LogP contribution in [-0.2, 0) is 9.53 Å². The number of methoxy groups -OCH3 is 1. The van der Waals surface area contributed by atoms with Crippen LogP contribution in [0.5, 0.6) is 5.75 Å². The Morgan fingerprint density at radius 2 is 1.94 bits per heavy atom. The number of benzene rings is 2. The van der Waals surface area contributed by atoms with Crippen molar-refractivity contribution in [2.75, 3.05) is 7.11 Å². The molecule has 1 radical (unpaired) electrons. The van der Waals surface area contributed by atoms with Crippen molar-refractivity contribution in [2.24, 2.45) is 0 Å². The second-order valence-corrected chi connectivity index (χ2v) is 3.67. The van der Waals surface area contributed by atoms with Crippen LogP contribution in [-0.4, -0.2) is 13.1 Å². The van der Waals surface area contributed by atoms with Gasteiger partial charge in [0.2, 0.25) is 6.10 Å². The van der Waals surface area contributed by atoms with E-state index in [-0.39, 0.29) is 0 Å². The van der Waals surface area contributed by atoms with Gasteiger partial charge in [0.05, 0.1) is 7.11 Å². The van der Waals surface area contributed by atoms with Crippen molar-refractivity contribution in [3.8, 4) is 5.75 Å². The van der Waals surface area contributed by atoms with Crippen LogP contribution in [0.15, 0.2) is 54.6 Å². The second-order valence-electron chi connectivity index (χ2n) is 3.67. The van der Waals surface area contributed by atoms with Crippen LogP contribution in [0.1, 0.15) is 11.7 Å². The van der Waals surface area contributed by atoms with Crippen LogP contribution in [0.3, 0.4) is 0 Å². The summed E-state index contributed by atoms with van der Waals surface area (Å²) in [5, 5.41) is 0. The van der Waals surface area contributed by atoms with Gasteiger partial charge in [0.1, 0.15) is 5.75 Å². The molecule has 3 nitrogen and oxygen atoms in total. The summed E-state index contributed by atoms with van der Waals surface area (Å²) in [7, 11) is 1.35. The minimum Gasteiger partial charge on any atom is -0.474 e. The van der Waals surface area contributed by atoms with Gasteiger partial charge in [0.25, 0.3) is 0 Å². The Balaban J connectivity index is 2.24. The first-order chi connectivity index (χ1) is 8.81. The molecule has 2 aromatic carbocycles. The SMILES string of the molecule is COC(=O)C(Oc1c[c]ccc1)c1ccccc1. The van der Waals surface area contributed by atoms with Crippen LogP contribution in [0.4, 0.5) is 0 Å². The zero-order valence-electron chi connectivity index (χ0n) is 10.00. The van der Waals surface area contributed by atoms with Crippen molar-refractivity contribution in [3.05, 3.63) is 66.2 Å². The number of carbonyl (C=O) groups excluding carboxylic acids is 1. The maximum atomic E-state index is 11.8. The number of hydrogen-bond acceptors (Lipinski definition) is 3. The molecule has 0 spiro atoms. The summed E-state index contributed by atoms with van der Waals surface area (Å²) in [6.45, 7) is 0. The molecule has 0 amide bonds. The number of carbonyl (C=O) groups is 1. The number of rotatable bonds is 4. The summed E-state index contributed by atoms with van der Waals surface area (Å²) >= 11 is 0. The molecule has 0 heterocycles. The maximum Gasteiger partial charge on any atom is 0.351 e. The lowest BCUT2D eigenvalue weighted by Crippen LogP contribution is -2.20. The van der Waals surface area contributed by atoms with E-state index >= 15 is 0 Å². The molecule has 1 unspecified atom stereocenters. The first-order valence-corrected chi connectivity index (χ1v) is 5.57. The minimum absolute atomic E-state index is 0.426. The van der Waals surface area contributed by atoms with E-state index in [9.17, 15) is 4.79 Å². The minimum atomic E-state index is -0.757. The predicted octanol–water partition coefficient (Wildman–Crippen LogP) is 2.78. The molecule has 2 aromatic rings. The lowest BCUT2D eigenvalue weighted by Gasteiger charge is -2.17. The summed E-state index contributed by atoms with van der Waals surface area (Å²) in [6.07, 6.45) is -0.757. The van der Waals surface area contributed by atoms with E-state index in [4.69, 9.17) is 9.47 Å². The highest BCUT2D eigenvalue weighted by molar-refractivity contribution is 5.76. The normalized spacial score (nSPS) is 11.6. The molecule has 2 rings (SSSR count). The Bertz CT molecular complexity index is 494. The first-order valence-electron chi connectivity index (χ1n) is 5.57. The van der Waals surface area contributed by atoms with Crippen LogP contribution in [0.2, 0.25) is 0 Å². The van der Waals surface area contributed by atoms with Gasteiger partial charge in [-0.15, -0.1) is 0 Å². The molecule has 0 aliphatic heterocycles. The molecule has 0 bridgehead atoms. The first kappa shape index (κ1) is 12.2. The standard InChI is InChI=1S/C15H13O3/c1-17-15(16)14(12-8-4-2-5-9-12)18-13-10-6-3-7-11-13/h2-6,8-11,14H,1H3. The second kappa shape index (κ2) is 5.87. The molecule has 0 saturated carbocycles. The Morgan fingerprint density at radius 1 is 1.17 bits per heavy atom. The van der Waals surface area contributed by atoms with Crippen LogP contribution in [0.25, 0.3) is 0 Å². The number of ether oxygens (including phenoxy) is 2. The fourth-order valence-corrected chi connectivity index (χ4v) is 1.57. The molecular formula is C15H13O3. The summed E-state index contributed by atoms with van der Waals surface area (Å²) in [4.78, 5) is 11.8. The maximum absolute atomic E-state index is 11.8. The van der Waals surface area contributed by atoms with E-state index < -0.39 is 12.1 Å². The summed E-state index contributed by atoms with van der Waals surface area (Å²) < 4.78 is 10.4. The van der Waals surface area contributed by atoms with Crippen molar-refractivity contribution in [1.82, 2.24) is 0 Å². The van der Waals surface area contributed by atoms with Crippen molar-refractivity contribution in [1.29, 1.82) is 0 Å². The van der Waals surface area contributed by atoms with E-state index in [2.05, 4.69) is 6.07 Å². The Kier molecular flexibility index (Phi) is 3.97. The molecule has 0 saturated heterocycles. The van der Waals surface area contributed by atoms with Crippen molar-refractivity contribution < 1.29 is 14.3 Å². The van der Waals surface area contributed by atoms with E-state index in [0.29, 0.717) is 5.75 Å². The van der Waals surface area contributed by atoms with E-state index in [1.165, 1.54) is 7.11 Å². The number of esters is 1. The fourth-order valence-electron chi connectivity index (χ4n) is 1.57. The lowest BCUT2D eigenvalue weighted by atomic mass is 10.1. The third-order valence-electron chi connectivity index (χ3n) is 2.45. The van der Waals surface area contributed by atoms with E-state index in [1.54, 1.807) is 24.3 Å². The molecule has 0 aromatic heterocycles. The third kappa shape index (κ3) is 2.88. The monoisotopic (exact) mass is 241 g/mol. The van der Waals surface area contributed by atoms with Gasteiger partial charge < -0.3 is 9.47 Å². The molecule has 3 heteroatoms. The average molecular weight is 241 g/mol. The third-order valence-corrected chi connectivity index (χ3v) is 2.45. The predicted molar refractivity (Wildman–Crippen MR) is 67.1 cm³/mol. The molecule has 0 aliphatic rings. The Labute approximate surface area is 106 Å². The van der Waals surface area contributed by atoms with Gasteiger partial charge in [-0.2, -0.15) is 0 Å². The molecular weight excluding hydrogens is 228 g/mol. The fraction of sp³-hybridized carbons (Fsp3) is 0.133. The van der Waals surface area contributed by atoms with Gasteiger partial charge in [0, 0.05) is 5.56 Å². The number of hydrogen-bond donors (Lipinski definition) is 0. The highest BCUT2D eigenvalue weighted by Crippen LogP contribution is 2.22. The van der Waals surface area contributed by atoms with Crippen LogP contribution in [0, 0.1) is 6.07 Å². The van der Waals surface area contributed by atoms with Gasteiger partial charge in [-0.25, -0.2) is 4.79 Å². The van der Waals surface area contributed by atoms with Gasteiger partial charge in [-0.05, 0) is 18.2 Å². The smallest absolute Gasteiger partial charge is 0.351 e. The van der Waals surface area contributed by atoms with Gasteiger partial charge in [-0.1, -0.05) is 42.5 Å². The van der Waals surface area contributed by atoms with Crippen LogP contribution >= 0.6 is 0 Å². The van der Waals surface area contributed by atoms with Crippen molar-refractivity contribution >= 4 is 5.97 Å². The quantitative estimate of drug-likeness (QED) is 0.772. The Hall–Kier alpha value is -2.29. The lowest BCUT2D eigenvalue weighted by molar-refractivity contribution is -0.149. The zero-order chi connectivity index (χ0) is 12.8. The topological polar surface area (TPSA) is 35.5 Å². The highest BCUT2D eigenvalue weighted by atomic mass is 16.6. The van der Waals surface area contributed by atoms with E-state index in [0.717, 1.165) is 5.56 Å². The highest BCUT2D eigenvalue weighted by Gasteiger charge is 2.23. The molecule has 0 N–H and O–H groups in total. The van der Waals surface area contributed by atoms with Crippen molar-refractivity contribution in [3.63, 3.8) is 0 Å². The molecule has 1 atom stereocenters. The van der Waals surface area contributed by atoms with Gasteiger partial charge in [-0.3, -0.25) is 0 Å². The largest absolute Gasteiger partial charge is 0.474 e. The molecule has 0 fully saturated rings. The van der Waals surface area contributed by atoms with Crippen molar-refractivity contribution in [2.45, 2.75) is 6.10 Å².